The quantitative estimate of drug-likeness (QED) is 0.687. The van der Waals surface area contributed by atoms with E-state index in [1.165, 1.54) is 0 Å². The standard InChI is InChI=1S/C11H25NO3S/c1-5-7-8-16(14,15)12-9-11(4,13)10(3)6-2/h10,12-13H,5-9H2,1-4H3/t10-,11+/m1/s1. The Morgan fingerprint density at radius 2 is 1.94 bits per heavy atom. The smallest absolute Gasteiger partial charge is 0.211 e. The minimum Gasteiger partial charge on any atom is -0.389 e. The minimum absolute atomic E-state index is 0.0707. The zero-order chi connectivity index (χ0) is 12.8. The van der Waals surface area contributed by atoms with E-state index in [4.69, 9.17) is 0 Å². The van der Waals surface area contributed by atoms with E-state index in [1.54, 1.807) is 6.92 Å². The molecule has 98 valence electrons. The lowest BCUT2D eigenvalue weighted by molar-refractivity contribution is 0.0102. The molecule has 0 bridgehead atoms. The van der Waals surface area contributed by atoms with Gasteiger partial charge in [0.1, 0.15) is 0 Å². The fourth-order valence-electron chi connectivity index (χ4n) is 1.28. The highest BCUT2D eigenvalue weighted by Crippen LogP contribution is 2.19. The molecular formula is C11H25NO3S. The molecule has 0 rings (SSSR count). The van der Waals surface area contributed by atoms with Gasteiger partial charge in [-0.05, 0) is 19.3 Å². The summed E-state index contributed by atoms with van der Waals surface area (Å²) in [6, 6.07) is 0. The molecule has 16 heavy (non-hydrogen) atoms. The molecular weight excluding hydrogens is 226 g/mol. The number of rotatable bonds is 8. The topological polar surface area (TPSA) is 66.4 Å². The lowest BCUT2D eigenvalue weighted by Gasteiger charge is -2.29. The summed E-state index contributed by atoms with van der Waals surface area (Å²) in [6.45, 7) is 7.60. The highest BCUT2D eigenvalue weighted by Gasteiger charge is 2.28. The van der Waals surface area contributed by atoms with E-state index < -0.39 is 15.6 Å². The van der Waals surface area contributed by atoms with Gasteiger partial charge in [-0.25, -0.2) is 13.1 Å². The van der Waals surface area contributed by atoms with Crippen molar-refractivity contribution in [2.75, 3.05) is 12.3 Å². The van der Waals surface area contributed by atoms with Crippen LogP contribution in [-0.2, 0) is 10.0 Å². The molecule has 0 heterocycles. The summed E-state index contributed by atoms with van der Waals surface area (Å²) in [4.78, 5) is 0. The molecule has 2 atom stereocenters. The molecule has 0 aromatic heterocycles. The van der Waals surface area contributed by atoms with Crippen molar-refractivity contribution in [3.8, 4) is 0 Å². The third kappa shape index (κ3) is 5.82. The second-order valence-electron chi connectivity index (χ2n) is 4.66. The number of aliphatic hydroxyl groups is 1. The number of hydrogen-bond donors (Lipinski definition) is 2. The summed E-state index contributed by atoms with van der Waals surface area (Å²) >= 11 is 0. The molecule has 0 radical (unpaired) electrons. The van der Waals surface area contributed by atoms with Crippen LogP contribution in [-0.4, -0.2) is 31.4 Å². The van der Waals surface area contributed by atoms with Gasteiger partial charge >= 0.3 is 0 Å². The molecule has 0 fully saturated rings. The molecule has 0 spiro atoms. The summed E-state index contributed by atoms with van der Waals surface area (Å²) < 4.78 is 25.5. The van der Waals surface area contributed by atoms with Crippen LogP contribution < -0.4 is 4.72 Å². The molecule has 0 aromatic rings. The second kappa shape index (κ2) is 6.57. The summed E-state index contributed by atoms with van der Waals surface area (Å²) in [5.41, 5.74) is -0.978. The zero-order valence-electron chi connectivity index (χ0n) is 10.8. The molecule has 0 aliphatic heterocycles. The Morgan fingerprint density at radius 1 is 1.38 bits per heavy atom. The van der Waals surface area contributed by atoms with Gasteiger partial charge in [-0.15, -0.1) is 0 Å². The first-order chi connectivity index (χ1) is 7.25. The van der Waals surface area contributed by atoms with Gasteiger partial charge in [0.2, 0.25) is 10.0 Å². The zero-order valence-corrected chi connectivity index (χ0v) is 11.6. The Hall–Kier alpha value is -0.130. The Kier molecular flexibility index (Phi) is 6.51. The summed E-state index contributed by atoms with van der Waals surface area (Å²) in [5.74, 6) is 0.210. The average molecular weight is 251 g/mol. The van der Waals surface area contributed by atoms with Crippen molar-refractivity contribution in [1.29, 1.82) is 0 Å². The van der Waals surface area contributed by atoms with Crippen molar-refractivity contribution >= 4 is 10.0 Å². The Bertz CT molecular complexity index is 286. The van der Waals surface area contributed by atoms with Crippen LogP contribution in [0.3, 0.4) is 0 Å². The molecule has 0 unspecified atom stereocenters. The van der Waals surface area contributed by atoms with Crippen LogP contribution in [0.15, 0.2) is 0 Å². The van der Waals surface area contributed by atoms with E-state index in [1.807, 2.05) is 20.8 Å². The van der Waals surface area contributed by atoms with Crippen LogP contribution in [0.5, 0.6) is 0 Å². The number of unbranched alkanes of at least 4 members (excludes halogenated alkanes) is 1. The maximum Gasteiger partial charge on any atom is 0.211 e. The van der Waals surface area contributed by atoms with Crippen LogP contribution >= 0.6 is 0 Å². The monoisotopic (exact) mass is 251 g/mol. The first kappa shape index (κ1) is 15.9. The molecule has 0 aliphatic rings. The van der Waals surface area contributed by atoms with E-state index in [0.29, 0.717) is 6.42 Å². The molecule has 4 nitrogen and oxygen atoms in total. The highest BCUT2D eigenvalue weighted by atomic mass is 32.2. The van der Waals surface area contributed by atoms with Gasteiger partial charge in [-0.2, -0.15) is 0 Å². The van der Waals surface area contributed by atoms with Crippen molar-refractivity contribution in [3.05, 3.63) is 0 Å². The molecule has 0 saturated heterocycles. The van der Waals surface area contributed by atoms with Gasteiger partial charge in [-0.3, -0.25) is 0 Å². The lowest BCUT2D eigenvalue weighted by Crippen LogP contribution is -2.45. The normalized spacial score (nSPS) is 18.1. The van der Waals surface area contributed by atoms with E-state index in [0.717, 1.165) is 12.8 Å². The van der Waals surface area contributed by atoms with Crippen molar-refractivity contribution in [3.63, 3.8) is 0 Å². The first-order valence-electron chi connectivity index (χ1n) is 5.95. The molecule has 0 saturated carbocycles. The molecule has 2 N–H and O–H groups in total. The summed E-state index contributed by atoms with van der Waals surface area (Å²) in [6.07, 6.45) is 2.33. The van der Waals surface area contributed by atoms with Gasteiger partial charge < -0.3 is 5.11 Å². The molecule has 0 amide bonds. The first-order valence-corrected chi connectivity index (χ1v) is 7.60. The Morgan fingerprint density at radius 3 is 2.38 bits per heavy atom. The Labute approximate surface area is 99.5 Å². The SMILES string of the molecule is CCCCS(=O)(=O)NC[C@](C)(O)[C@H](C)CC. The highest BCUT2D eigenvalue weighted by molar-refractivity contribution is 7.89. The number of nitrogens with one attached hydrogen (secondary N) is 1. The van der Waals surface area contributed by atoms with E-state index in [2.05, 4.69) is 4.72 Å². The van der Waals surface area contributed by atoms with Crippen LogP contribution in [0.25, 0.3) is 0 Å². The summed E-state index contributed by atoms with van der Waals surface area (Å²) in [5, 5.41) is 10.0. The van der Waals surface area contributed by atoms with Gasteiger partial charge in [0, 0.05) is 6.54 Å². The minimum atomic E-state index is -3.23. The second-order valence-corrected chi connectivity index (χ2v) is 6.59. The van der Waals surface area contributed by atoms with Gasteiger partial charge in [0.15, 0.2) is 0 Å². The van der Waals surface area contributed by atoms with E-state index >= 15 is 0 Å². The van der Waals surface area contributed by atoms with Gasteiger partial charge in [-0.1, -0.05) is 33.6 Å². The van der Waals surface area contributed by atoms with Crippen molar-refractivity contribution in [2.45, 2.75) is 52.6 Å². The van der Waals surface area contributed by atoms with Gasteiger partial charge in [0.05, 0.1) is 11.4 Å². The van der Waals surface area contributed by atoms with Crippen LogP contribution in [0.1, 0.15) is 47.0 Å². The van der Waals surface area contributed by atoms with Gasteiger partial charge in [0.25, 0.3) is 0 Å². The van der Waals surface area contributed by atoms with E-state index in [9.17, 15) is 13.5 Å². The predicted octanol–water partition coefficient (Wildman–Crippen LogP) is 1.50. The number of sulfonamides is 1. The maximum atomic E-state index is 11.5. The van der Waals surface area contributed by atoms with Crippen molar-refractivity contribution in [1.82, 2.24) is 4.72 Å². The number of hydrogen-bond acceptors (Lipinski definition) is 3. The van der Waals surface area contributed by atoms with Crippen LogP contribution in [0.4, 0.5) is 0 Å². The Balaban J connectivity index is 4.23. The van der Waals surface area contributed by atoms with Crippen LogP contribution in [0, 0.1) is 5.92 Å². The van der Waals surface area contributed by atoms with Crippen molar-refractivity contribution < 1.29 is 13.5 Å². The largest absolute Gasteiger partial charge is 0.389 e. The van der Waals surface area contributed by atoms with Crippen LogP contribution in [0.2, 0.25) is 0 Å². The average Bonchev–Trinajstić information content (AvgIpc) is 2.23. The summed E-state index contributed by atoms with van der Waals surface area (Å²) in [7, 11) is -3.23. The third-order valence-electron chi connectivity index (χ3n) is 3.09. The third-order valence-corrected chi connectivity index (χ3v) is 4.50. The fourth-order valence-corrected chi connectivity index (χ4v) is 2.60. The van der Waals surface area contributed by atoms with E-state index in [-0.39, 0.29) is 18.2 Å². The molecule has 0 aliphatic carbocycles. The fraction of sp³-hybridized carbons (Fsp3) is 1.00. The van der Waals surface area contributed by atoms with Crippen molar-refractivity contribution in [2.24, 2.45) is 5.92 Å². The maximum absolute atomic E-state index is 11.5. The molecule has 5 heteroatoms. The predicted molar refractivity (Wildman–Crippen MR) is 66.8 cm³/mol. The molecule has 0 aromatic carbocycles. The lowest BCUT2D eigenvalue weighted by atomic mass is 9.89.